The number of fused-ring (bicyclic) bond motifs is 1. The Labute approximate surface area is 222 Å². The first-order valence-electron chi connectivity index (χ1n) is 11.4. The van der Waals surface area contributed by atoms with E-state index in [2.05, 4.69) is 0 Å². The lowest BCUT2D eigenvalue weighted by Gasteiger charge is -2.55. The number of alkyl halides is 1. The molecule has 1 aromatic heterocycles. The summed E-state index contributed by atoms with van der Waals surface area (Å²) in [6.07, 6.45) is 5.97. The molecule has 1 fully saturated rings. The van der Waals surface area contributed by atoms with Gasteiger partial charge in [-0.25, -0.2) is 9.99 Å². The highest BCUT2D eigenvalue weighted by Crippen LogP contribution is 2.53. The number of allylic oxidation sites excluding steroid dienone is 2. The predicted molar refractivity (Wildman–Crippen MR) is 150 cm³/mol. The minimum atomic E-state index is -1.08. The monoisotopic (exact) mass is 530 g/mol. The molecule has 1 spiro atoms. The lowest BCUT2D eigenvalue weighted by atomic mass is 9.83. The van der Waals surface area contributed by atoms with Gasteiger partial charge in [-0.3, -0.25) is 9.69 Å². The van der Waals surface area contributed by atoms with Crippen LogP contribution in [0.3, 0.4) is 0 Å². The minimum Gasteiger partial charge on any atom is -0.272 e. The van der Waals surface area contributed by atoms with E-state index in [9.17, 15) is 4.79 Å². The van der Waals surface area contributed by atoms with E-state index in [-0.39, 0.29) is 5.91 Å². The Morgan fingerprint density at radius 3 is 2.58 bits per heavy atom. The zero-order valence-corrected chi connectivity index (χ0v) is 21.5. The Morgan fingerprint density at radius 2 is 1.81 bits per heavy atom. The molecule has 1 saturated heterocycles. The standard InChI is InChI=1S/C28H20Cl2N4OS/c1-18-22(14-7-11-19-9-3-2-4-10-19)28(34(32-18)21-13-8-12-20(29)17-21)25(30)26(35)33(28)27-31-23-15-5-6-16-24(23)36-27/h2-17,25H,1H3/b11-7+,22-14-. The van der Waals surface area contributed by atoms with Crippen molar-refractivity contribution in [2.24, 2.45) is 5.10 Å². The molecule has 0 bridgehead atoms. The number of hydrazone groups is 1. The molecule has 2 aliphatic heterocycles. The summed E-state index contributed by atoms with van der Waals surface area (Å²) in [7, 11) is 0. The number of aromatic nitrogens is 1. The van der Waals surface area contributed by atoms with Crippen molar-refractivity contribution in [1.82, 2.24) is 4.98 Å². The molecule has 8 heteroatoms. The van der Waals surface area contributed by atoms with E-state index in [1.807, 2.05) is 103 Å². The average molecular weight is 531 g/mol. The van der Waals surface area contributed by atoms with Crippen LogP contribution in [-0.2, 0) is 4.79 Å². The number of benzene rings is 3. The van der Waals surface area contributed by atoms with E-state index in [1.54, 1.807) is 11.0 Å². The zero-order valence-electron chi connectivity index (χ0n) is 19.2. The molecule has 178 valence electrons. The fraction of sp³-hybridized carbons (Fsp3) is 0.107. The van der Waals surface area contributed by atoms with Crippen molar-refractivity contribution in [3.8, 4) is 0 Å². The molecule has 3 heterocycles. The van der Waals surface area contributed by atoms with Gasteiger partial charge in [0.15, 0.2) is 16.2 Å². The third-order valence-corrected chi connectivity index (χ3v) is 8.12. The van der Waals surface area contributed by atoms with E-state index < -0.39 is 11.0 Å². The number of hydrogen-bond donors (Lipinski definition) is 0. The Balaban J connectivity index is 1.53. The summed E-state index contributed by atoms with van der Waals surface area (Å²) in [5.41, 5.74) is 3.14. The molecule has 4 aromatic rings. The molecule has 36 heavy (non-hydrogen) atoms. The minimum absolute atomic E-state index is 0.217. The van der Waals surface area contributed by atoms with E-state index in [4.69, 9.17) is 33.3 Å². The highest BCUT2D eigenvalue weighted by Gasteiger charge is 2.69. The molecule has 3 aromatic carbocycles. The molecule has 2 atom stereocenters. The van der Waals surface area contributed by atoms with Gasteiger partial charge >= 0.3 is 0 Å². The number of nitrogens with zero attached hydrogens (tertiary/aromatic N) is 4. The summed E-state index contributed by atoms with van der Waals surface area (Å²) in [6.45, 7) is 1.93. The molecule has 0 aliphatic carbocycles. The summed E-state index contributed by atoms with van der Waals surface area (Å²) >= 11 is 14.7. The molecule has 6 rings (SSSR count). The second-order valence-corrected chi connectivity index (χ2v) is 10.4. The highest BCUT2D eigenvalue weighted by atomic mass is 35.5. The molecule has 0 N–H and O–H groups in total. The molecule has 0 saturated carbocycles. The number of hydrogen-bond acceptors (Lipinski definition) is 5. The van der Waals surface area contributed by atoms with E-state index in [1.165, 1.54) is 11.3 Å². The van der Waals surface area contributed by atoms with Crippen LogP contribution in [0.5, 0.6) is 0 Å². The topological polar surface area (TPSA) is 48.8 Å². The first-order valence-corrected chi connectivity index (χ1v) is 13.0. The summed E-state index contributed by atoms with van der Waals surface area (Å²) in [4.78, 5) is 19.9. The number of rotatable bonds is 4. The number of carbonyl (C=O) groups excluding carboxylic acids is 1. The summed E-state index contributed by atoms with van der Waals surface area (Å²) in [6, 6.07) is 25.3. The second kappa shape index (κ2) is 8.89. The van der Waals surface area contributed by atoms with Gasteiger partial charge in [0, 0.05) is 10.6 Å². The van der Waals surface area contributed by atoms with Gasteiger partial charge in [-0.1, -0.05) is 89.7 Å². The van der Waals surface area contributed by atoms with Crippen molar-refractivity contribution in [2.75, 3.05) is 9.91 Å². The molecular weight excluding hydrogens is 511 g/mol. The van der Waals surface area contributed by atoms with E-state index >= 15 is 0 Å². The lowest BCUT2D eigenvalue weighted by Crippen LogP contribution is -2.79. The summed E-state index contributed by atoms with van der Waals surface area (Å²) in [5.74, 6) is -0.217. The highest BCUT2D eigenvalue weighted by molar-refractivity contribution is 7.22. The van der Waals surface area contributed by atoms with Crippen molar-refractivity contribution in [3.05, 3.63) is 107 Å². The van der Waals surface area contributed by atoms with Crippen LogP contribution in [0.1, 0.15) is 12.5 Å². The maximum absolute atomic E-state index is 13.4. The molecular formula is C28H20Cl2N4OS. The largest absolute Gasteiger partial charge is 0.272 e. The number of halogens is 2. The van der Waals surface area contributed by atoms with Crippen molar-refractivity contribution < 1.29 is 4.79 Å². The van der Waals surface area contributed by atoms with Gasteiger partial charge in [-0.15, -0.1) is 11.6 Å². The van der Waals surface area contributed by atoms with Crippen molar-refractivity contribution >= 4 is 73.3 Å². The first-order chi connectivity index (χ1) is 17.5. The Bertz CT molecular complexity index is 1550. The number of para-hydroxylation sites is 1. The number of β-lactam (4-membered cyclic amide) rings is 1. The molecule has 0 radical (unpaired) electrons. The Morgan fingerprint density at radius 1 is 1.03 bits per heavy atom. The van der Waals surface area contributed by atoms with Crippen LogP contribution in [0.2, 0.25) is 5.02 Å². The van der Waals surface area contributed by atoms with Crippen LogP contribution in [0.4, 0.5) is 10.8 Å². The number of thiazole rings is 1. The molecule has 1 amide bonds. The van der Waals surface area contributed by atoms with Crippen LogP contribution < -0.4 is 9.91 Å². The van der Waals surface area contributed by atoms with Crippen molar-refractivity contribution in [2.45, 2.75) is 18.0 Å². The number of carbonyl (C=O) groups is 1. The second-order valence-electron chi connectivity index (χ2n) is 8.55. The normalized spacial score (nSPS) is 22.8. The maximum Gasteiger partial charge on any atom is 0.254 e. The van der Waals surface area contributed by atoms with Gasteiger partial charge in [0.25, 0.3) is 5.91 Å². The zero-order chi connectivity index (χ0) is 24.9. The predicted octanol–water partition coefficient (Wildman–Crippen LogP) is 7.14. The molecule has 2 unspecified atom stereocenters. The quantitative estimate of drug-likeness (QED) is 0.208. The Hall–Kier alpha value is -3.45. The summed E-state index contributed by atoms with van der Waals surface area (Å²) < 4.78 is 0.993. The maximum atomic E-state index is 13.4. The Kier molecular flexibility index (Phi) is 5.67. The SMILES string of the molecule is CC1=NN(c2cccc(Cl)c2)C2(/C1=C\C=C\c1ccccc1)C(Cl)C(=O)N2c1nc2ccccc2s1. The van der Waals surface area contributed by atoms with Crippen LogP contribution in [0.15, 0.2) is 102 Å². The van der Waals surface area contributed by atoms with Crippen LogP contribution in [0.25, 0.3) is 16.3 Å². The molecule has 2 aliphatic rings. The van der Waals surface area contributed by atoms with Crippen LogP contribution in [-0.4, -0.2) is 27.6 Å². The van der Waals surface area contributed by atoms with E-state index in [0.717, 1.165) is 32.8 Å². The van der Waals surface area contributed by atoms with Gasteiger partial charge in [0.1, 0.15) is 0 Å². The number of amides is 1. The molecule has 5 nitrogen and oxygen atoms in total. The average Bonchev–Trinajstić information content (AvgIpc) is 3.44. The van der Waals surface area contributed by atoms with Crippen molar-refractivity contribution in [1.29, 1.82) is 0 Å². The first kappa shape index (κ1) is 23.0. The third kappa shape index (κ3) is 3.48. The fourth-order valence-electron chi connectivity index (χ4n) is 4.74. The van der Waals surface area contributed by atoms with Crippen molar-refractivity contribution in [3.63, 3.8) is 0 Å². The van der Waals surface area contributed by atoms with Gasteiger partial charge < -0.3 is 0 Å². The van der Waals surface area contributed by atoms with Crippen LogP contribution >= 0.6 is 34.5 Å². The van der Waals surface area contributed by atoms with Gasteiger partial charge in [-0.05, 0) is 42.8 Å². The van der Waals surface area contributed by atoms with Crippen LogP contribution in [0, 0.1) is 0 Å². The van der Waals surface area contributed by atoms with E-state index in [0.29, 0.717) is 10.2 Å². The van der Waals surface area contributed by atoms with Gasteiger partial charge in [-0.2, -0.15) is 5.10 Å². The van der Waals surface area contributed by atoms with Gasteiger partial charge in [0.05, 0.1) is 21.6 Å². The smallest absolute Gasteiger partial charge is 0.254 e. The fourth-order valence-corrected chi connectivity index (χ4v) is 6.36. The lowest BCUT2D eigenvalue weighted by molar-refractivity contribution is -0.125. The van der Waals surface area contributed by atoms with Gasteiger partial charge in [0.2, 0.25) is 0 Å². The summed E-state index contributed by atoms with van der Waals surface area (Å²) in [5, 5.41) is 6.96. The third-order valence-electron chi connectivity index (χ3n) is 6.37. The number of anilines is 2.